The third-order valence-electron chi connectivity index (χ3n) is 3.06. The lowest BCUT2D eigenvalue weighted by atomic mass is 10.2. The molecule has 2 rings (SSSR count). The highest BCUT2D eigenvalue weighted by Gasteiger charge is 2.62. The van der Waals surface area contributed by atoms with Crippen LogP contribution < -0.4 is 5.73 Å². The number of rotatable bonds is 3. The largest absolute Gasteiger partial charge is 0.461 e. The predicted molar refractivity (Wildman–Crippen MR) is 67.5 cm³/mol. The number of hydrogen-bond donors (Lipinski definition) is 1. The van der Waals surface area contributed by atoms with Crippen molar-refractivity contribution in [2.24, 2.45) is 0 Å². The van der Waals surface area contributed by atoms with Crippen LogP contribution in [0.3, 0.4) is 0 Å². The Kier molecular flexibility index (Phi) is 4.38. The van der Waals surface area contributed by atoms with Crippen molar-refractivity contribution < 1.29 is 35.1 Å². The number of aromatic nitrogens is 4. The van der Waals surface area contributed by atoms with Gasteiger partial charge in [-0.1, -0.05) is 0 Å². The summed E-state index contributed by atoms with van der Waals surface area (Å²) in [6.45, 7) is 0.616. The van der Waals surface area contributed by atoms with E-state index in [1.54, 1.807) is 0 Å². The summed E-state index contributed by atoms with van der Waals surface area (Å²) in [7, 11) is 0. The smallest absolute Gasteiger partial charge is 0.397 e. The summed E-state index contributed by atoms with van der Waals surface area (Å²) in [5.74, 6) is -9.93. The fraction of sp³-hybridized carbons (Fsp3) is 0.417. The zero-order valence-corrected chi connectivity index (χ0v) is 12.3. The Labute approximate surface area is 134 Å². The number of nitrogens with zero attached hydrogens (tertiary/aromatic N) is 4. The molecule has 0 saturated heterocycles. The molecule has 138 valence electrons. The lowest BCUT2D eigenvalue weighted by Crippen LogP contribution is -2.35. The second kappa shape index (κ2) is 5.81. The first-order valence-electron chi connectivity index (χ1n) is 6.42. The summed E-state index contributed by atoms with van der Waals surface area (Å²) in [4.78, 5) is 6.18. The second-order valence-electron chi connectivity index (χ2n) is 4.96. The van der Waals surface area contributed by atoms with Crippen molar-refractivity contribution in [1.29, 1.82) is 0 Å². The molecule has 0 aromatic carbocycles. The van der Waals surface area contributed by atoms with Gasteiger partial charge < -0.3 is 5.73 Å². The lowest BCUT2D eigenvalue weighted by Gasteiger charge is -2.15. The molecular formula is C12H9F8N5. The van der Waals surface area contributed by atoms with E-state index in [2.05, 4.69) is 15.1 Å². The topological polar surface area (TPSA) is 69.6 Å². The van der Waals surface area contributed by atoms with Crippen molar-refractivity contribution in [3.8, 4) is 0 Å². The summed E-state index contributed by atoms with van der Waals surface area (Å²) in [6, 6.07) is 2.48. The van der Waals surface area contributed by atoms with Crippen molar-refractivity contribution >= 4 is 5.69 Å². The third-order valence-corrected chi connectivity index (χ3v) is 3.06. The van der Waals surface area contributed by atoms with E-state index in [1.807, 2.05) is 0 Å². The van der Waals surface area contributed by atoms with E-state index >= 15 is 0 Å². The van der Waals surface area contributed by atoms with Gasteiger partial charge in [-0.2, -0.15) is 35.1 Å². The van der Waals surface area contributed by atoms with Gasteiger partial charge in [-0.3, -0.25) is 4.98 Å². The van der Waals surface area contributed by atoms with Crippen LogP contribution in [0.15, 0.2) is 12.1 Å². The molecule has 13 heteroatoms. The van der Waals surface area contributed by atoms with E-state index in [4.69, 9.17) is 5.73 Å². The number of halogens is 8. The number of aryl methyl sites for hydroxylation is 1. The first-order chi connectivity index (χ1) is 11.2. The van der Waals surface area contributed by atoms with Gasteiger partial charge in [0.1, 0.15) is 0 Å². The van der Waals surface area contributed by atoms with Crippen molar-refractivity contribution in [2.45, 2.75) is 31.7 Å². The molecule has 0 spiro atoms. The van der Waals surface area contributed by atoms with E-state index in [-0.39, 0.29) is 21.8 Å². The molecule has 0 saturated carbocycles. The fourth-order valence-electron chi connectivity index (χ4n) is 1.79. The summed E-state index contributed by atoms with van der Waals surface area (Å²) in [6.07, 6.45) is -11.4. The molecule has 0 aliphatic carbocycles. The summed E-state index contributed by atoms with van der Waals surface area (Å²) < 4.78 is 102. The molecule has 0 fully saturated rings. The predicted octanol–water partition coefficient (Wildman–Crippen LogP) is 3.28. The second-order valence-corrected chi connectivity index (χ2v) is 4.96. The van der Waals surface area contributed by atoms with Crippen LogP contribution in [0.4, 0.5) is 40.8 Å². The zero-order chi connectivity index (χ0) is 19.2. The molecule has 0 unspecified atom stereocenters. The van der Waals surface area contributed by atoms with Gasteiger partial charge in [0.2, 0.25) is 11.6 Å². The monoisotopic (exact) mass is 375 g/mol. The van der Waals surface area contributed by atoms with Crippen LogP contribution in [0.25, 0.3) is 0 Å². The summed E-state index contributed by atoms with van der Waals surface area (Å²) in [5, 5.41) is 2.71. The molecule has 0 radical (unpaired) electrons. The first kappa shape index (κ1) is 18.9. The molecule has 2 aromatic rings. The molecule has 2 N–H and O–H groups in total. The van der Waals surface area contributed by atoms with E-state index in [0.29, 0.717) is 0 Å². The molecule has 25 heavy (non-hydrogen) atoms. The van der Waals surface area contributed by atoms with Gasteiger partial charge in [-0.05, 0) is 19.1 Å². The first-order valence-corrected chi connectivity index (χ1v) is 6.42. The molecule has 2 aromatic heterocycles. The maximum atomic E-state index is 13.2. The number of alkyl halides is 8. The Morgan fingerprint density at radius 2 is 1.60 bits per heavy atom. The van der Waals surface area contributed by atoms with Gasteiger partial charge >= 0.3 is 18.3 Å². The van der Waals surface area contributed by atoms with Crippen LogP contribution in [0, 0.1) is 6.92 Å². The van der Waals surface area contributed by atoms with Gasteiger partial charge in [0.05, 0.1) is 23.6 Å². The van der Waals surface area contributed by atoms with Crippen molar-refractivity contribution in [2.75, 3.05) is 5.73 Å². The molecular weight excluding hydrogens is 366 g/mol. The Hall–Kier alpha value is -2.47. The van der Waals surface area contributed by atoms with E-state index in [9.17, 15) is 35.1 Å². The average Bonchev–Trinajstić information content (AvgIpc) is 2.86. The molecule has 0 bridgehead atoms. The van der Waals surface area contributed by atoms with Gasteiger partial charge in [-0.25, -0.2) is 9.67 Å². The van der Waals surface area contributed by atoms with Gasteiger partial charge in [0.25, 0.3) is 0 Å². The highest BCUT2D eigenvalue weighted by atomic mass is 19.4. The Balaban J connectivity index is 2.51. The van der Waals surface area contributed by atoms with Crippen molar-refractivity contribution in [1.82, 2.24) is 19.7 Å². The molecule has 0 aliphatic rings. The minimum absolute atomic E-state index is 0.0797. The van der Waals surface area contributed by atoms with Crippen molar-refractivity contribution in [3.63, 3.8) is 0 Å². The van der Waals surface area contributed by atoms with Gasteiger partial charge in [0, 0.05) is 0 Å². The highest BCUT2D eigenvalue weighted by molar-refractivity contribution is 5.42. The van der Waals surface area contributed by atoms with Crippen LogP contribution in [-0.4, -0.2) is 25.9 Å². The third kappa shape index (κ3) is 3.64. The van der Waals surface area contributed by atoms with Crippen LogP contribution in [0.1, 0.15) is 23.0 Å². The Morgan fingerprint density at radius 1 is 1.00 bits per heavy atom. The SMILES string of the molecule is Cc1nc(Cn2nc(C(F)(F)C(F)(F)F)nc2C(F)(F)F)ccc1N. The van der Waals surface area contributed by atoms with Crippen LogP contribution in [-0.2, 0) is 18.6 Å². The van der Waals surface area contributed by atoms with Crippen LogP contribution in [0.2, 0.25) is 0 Å². The number of hydrogen-bond acceptors (Lipinski definition) is 4. The average molecular weight is 375 g/mol. The minimum atomic E-state index is -6.14. The van der Waals surface area contributed by atoms with E-state index in [1.165, 1.54) is 19.1 Å². The Bertz CT molecular complexity index is 777. The van der Waals surface area contributed by atoms with E-state index < -0.39 is 36.5 Å². The zero-order valence-electron chi connectivity index (χ0n) is 12.3. The normalized spacial score (nSPS) is 13.3. The van der Waals surface area contributed by atoms with Crippen molar-refractivity contribution in [3.05, 3.63) is 35.2 Å². The summed E-state index contributed by atoms with van der Waals surface area (Å²) >= 11 is 0. The lowest BCUT2D eigenvalue weighted by molar-refractivity contribution is -0.292. The summed E-state index contributed by atoms with van der Waals surface area (Å²) in [5.41, 5.74) is 5.88. The standard InChI is InChI=1S/C12H9F8N5/c1-5-7(21)3-2-6(22-5)4-25-9(11(15,16)17)23-8(24-25)10(13,14)12(18,19)20/h2-3H,4,21H2,1H3. The molecule has 2 heterocycles. The fourth-order valence-corrected chi connectivity index (χ4v) is 1.79. The number of pyridine rings is 1. The molecule has 0 atom stereocenters. The van der Waals surface area contributed by atoms with Gasteiger partial charge in [0.15, 0.2) is 0 Å². The van der Waals surface area contributed by atoms with Crippen LogP contribution in [0.5, 0.6) is 0 Å². The van der Waals surface area contributed by atoms with E-state index in [0.717, 1.165) is 0 Å². The quantitative estimate of drug-likeness (QED) is 0.836. The minimum Gasteiger partial charge on any atom is -0.397 e. The number of nitrogen functional groups attached to an aromatic ring is 1. The van der Waals surface area contributed by atoms with Gasteiger partial charge in [-0.15, -0.1) is 5.10 Å². The molecule has 5 nitrogen and oxygen atoms in total. The molecule has 0 amide bonds. The highest BCUT2D eigenvalue weighted by Crippen LogP contribution is 2.43. The number of nitrogens with two attached hydrogens (primary N) is 1. The maximum absolute atomic E-state index is 13.2. The number of anilines is 1. The molecule has 0 aliphatic heterocycles. The Morgan fingerprint density at radius 3 is 2.08 bits per heavy atom. The van der Waals surface area contributed by atoms with Crippen LogP contribution >= 0.6 is 0 Å². The maximum Gasteiger partial charge on any atom is 0.461 e.